The van der Waals surface area contributed by atoms with Crippen molar-refractivity contribution in [2.75, 3.05) is 6.61 Å². The molecule has 98 valence electrons. The van der Waals surface area contributed by atoms with Crippen molar-refractivity contribution in [1.82, 2.24) is 0 Å². The van der Waals surface area contributed by atoms with E-state index in [9.17, 15) is 19.7 Å². The number of ketones is 1. The molecule has 1 rings (SSSR count). The second-order valence-corrected chi connectivity index (χ2v) is 4.46. The number of hydrogen-bond donors (Lipinski definition) is 0. The van der Waals surface area contributed by atoms with Crippen molar-refractivity contribution in [1.29, 1.82) is 0 Å². The average molecular weight is 271 g/mol. The molecule has 18 heavy (non-hydrogen) atoms. The Morgan fingerprint density at radius 1 is 1.44 bits per heavy atom. The van der Waals surface area contributed by atoms with E-state index >= 15 is 0 Å². The summed E-state index contributed by atoms with van der Waals surface area (Å²) in [6.07, 6.45) is 0.745. The molecule has 0 atom stereocenters. The third-order valence-electron chi connectivity index (χ3n) is 2.11. The monoisotopic (exact) mass is 271 g/mol. The van der Waals surface area contributed by atoms with Crippen LogP contribution >= 0.6 is 11.3 Å². The number of ether oxygens (including phenoxy) is 1. The highest BCUT2D eigenvalue weighted by Gasteiger charge is 2.16. The standard InChI is InChI=1S/C11H13NO5S/c1-2-5-17-11(14)4-3-9(13)8-6-10(12(15)16)18-7-8/h6-7H,2-5H2,1H3. The topological polar surface area (TPSA) is 86.5 Å². The average Bonchev–Trinajstić information content (AvgIpc) is 2.83. The molecular formula is C11H13NO5S. The van der Waals surface area contributed by atoms with Crippen molar-refractivity contribution in [2.45, 2.75) is 26.2 Å². The SMILES string of the molecule is CCCOC(=O)CCC(=O)c1csc([N+](=O)[O-])c1. The van der Waals surface area contributed by atoms with E-state index < -0.39 is 10.9 Å². The summed E-state index contributed by atoms with van der Waals surface area (Å²) >= 11 is 0.898. The maximum atomic E-state index is 11.6. The fraction of sp³-hybridized carbons (Fsp3) is 0.455. The number of carbonyl (C=O) groups excluding carboxylic acids is 2. The molecule has 0 aliphatic rings. The quantitative estimate of drug-likeness (QED) is 0.329. The molecule has 1 aromatic heterocycles. The van der Waals surface area contributed by atoms with Crippen molar-refractivity contribution in [3.63, 3.8) is 0 Å². The Bertz CT molecular complexity index is 454. The van der Waals surface area contributed by atoms with Crippen LogP contribution in [0.2, 0.25) is 0 Å². The van der Waals surface area contributed by atoms with Crippen molar-refractivity contribution in [3.8, 4) is 0 Å². The minimum Gasteiger partial charge on any atom is -0.466 e. The number of carbonyl (C=O) groups is 2. The second kappa shape index (κ2) is 6.85. The van der Waals surface area contributed by atoms with Gasteiger partial charge in [0.25, 0.3) is 0 Å². The van der Waals surface area contributed by atoms with Gasteiger partial charge in [-0.3, -0.25) is 19.7 Å². The largest absolute Gasteiger partial charge is 0.466 e. The van der Waals surface area contributed by atoms with Crippen LogP contribution in [0.15, 0.2) is 11.4 Å². The number of esters is 1. The first-order chi connectivity index (χ1) is 8.54. The number of hydrogen-bond acceptors (Lipinski definition) is 6. The molecule has 0 bridgehead atoms. The van der Waals surface area contributed by atoms with Crippen LogP contribution in [0.5, 0.6) is 0 Å². The van der Waals surface area contributed by atoms with E-state index in [4.69, 9.17) is 4.74 Å². The van der Waals surface area contributed by atoms with Gasteiger partial charge < -0.3 is 4.74 Å². The van der Waals surface area contributed by atoms with E-state index in [1.807, 2.05) is 6.92 Å². The van der Waals surface area contributed by atoms with Gasteiger partial charge >= 0.3 is 11.0 Å². The lowest BCUT2D eigenvalue weighted by Crippen LogP contribution is -2.08. The van der Waals surface area contributed by atoms with Gasteiger partial charge in [-0.25, -0.2) is 0 Å². The molecule has 1 heterocycles. The minimum absolute atomic E-state index is 0.00246. The van der Waals surface area contributed by atoms with Crippen molar-refractivity contribution in [2.24, 2.45) is 0 Å². The fourth-order valence-electron chi connectivity index (χ4n) is 1.21. The normalized spacial score (nSPS) is 10.1. The van der Waals surface area contributed by atoms with Gasteiger partial charge in [0.2, 0.25) is 0 Å². The maximum absolute atomic E-state index is 11.6. The van der Waals surface area contributed by atoms with Crippen LogP contribution in [-0.2, 0) is 9.53 Å². The van der Waals surface area contributed by atoms with Gasteiger partial charge in [0.15, 0.2) is 5.78 Å². The van der Waals surface area contributed by atoms with Crippen LogP contribution in [0.3, 0.4) is 0 Å². The van der Waals surface area contributed by atoms with Crippen molar-refractivity contribution in [3.05, 3.63) is 27.1 Å². The summed E-state index contributed by atoms with van der Waals surface area (Å²) in [5.74, 6) is -0.706. The summed E-state index contributed by atoms with van der Waals surface area (Å²) in [7, 11) is 0. The van der Waals surface area contributed by atoms with E-state index in [0.29, 0.717) is 6.61 Å². The highest BCUT2D eigenvalue weighted by atomic mass is 32.1. The Hall–Kier alpha value is -1.76. The van der Waals surface area contributed by atoms with E-state index in [2.05, 4.69) is 0 Å². The van der Waals surface area contributed by atoms with Crippen LogP contribution in [0, 0.1) is 10.1 Å². The van der Waals surface area contributed by atoms with Crippen LogP contribution in [0.25, 0.3) is 0 Å². The van der Waals surface area contributed by atoms with E-state index in [-0.39, 0.29) is 29.2 Å². The lowest BCUT2D eigenvalue weighted by Gasteiger charge is -2.01. The molecular weight excluding hydrogens is 258 g/mol. The highest BCUT2D eigenvalue weighted by Crippen LogP contribution is 2.23. The molecule has 0 saturated heterocycles. The van der Waals surface area contributed by atoms with Gasteiger partial charge in [0, 0.05) is 23.4 Å². The Morgan fingerprint density at radius 2 is 2.17 bits per heavy atom. The maximum Gasteiger partial charge on any atom is 0.324 e. The fourth-order valence-corrected chi connectivity index (χ4v) is 1.94. The zero-order valence-electron chi connectivity index (χ0n) is 9.88. The van der Waals surface area contributed by atoms with E-state index in [0.717, 1.165) is 17.8 Å². The molecule has 0 aromatic carbocycles. The Kier molecular flexibility index (Phi) is 5.44. The third-order valence-corrected chi connectivity index (χ3v) is 2.99. The zero-order chi connectivity index (χ0) is 13.5. The lowest BCUT2D eigenvalue weighted by molar-refractivity contribution is -0.380. The van der Waals surface area contributed by atoms with E-state index in [1.54, 1.807) is 0 Å². The number of thiophene rings is 1. The summed E-state index contributed by atoms with van der Waals surface area (Å²) < 4.78 is 4.82. The molecule has 0 fully saturated rings. The van der Waals surface area contributed by atoms with Crippen molar-refractivity contribution >= 4 is 28.1 Å². The molecule has 0 radical (unpaired) electrons. The first kappa shape index (κ1) is 14.3. The summed E-state index contributed by atoms with van der Waals surface area (Å²) in [6.45, 7) is 2.22. The highest BCUT2D eigenvalue weighted by molar-refractivity contribution is 7.13. The summed E-state index contributed by atoms with van der Waals surface area (Å²) in [5, 5.41) is 11.8. The molecule has 0 saturated carbocycles. The van der Waals surface area contributed by atoms with Gasteiger partial charge in [-0.15, -0.1) is 0 Å². The predicted molar refractivity (Wildman–Crippen MR) is 65.8 cm³/mol. The van der Waals surface area contributed by atoms with Crippen LogP contribution in [0.1, 0.15) is 36.5 Å². The van der Waals surface area contributed by atoms with Gasteiger partial charge in [0.1, 0.15) is 0 Å². The first-order valence-electron chi connectivity index (χ1n) is 5.46. The lowest BCUT2D eigenvalue weighted by atomic mass is 10.1. The third kappa shape index (κ3) is 4.25. The van der Waals surface area contributed by atoms with Crippen LogP contribution in [0.4, 0.5) is 5.00 Å². The molecule has 1 aromatic rings. The summed E-state index contributed by atoms with van der Waals surface area (Å²) in [5.41, 5.74) is 0.273. The molecule has 0 N–H and O–H groups in total. The summed E-state index contributed by atoms with van der Waals surface area (Å²) in [4.78, 5) is 32.7. The number of Topliss-reactive ketones (excluding diaryl/α,β-unsaturated/α-hetero) is 1. The number of rotatable bonds is 7. The van der Waals surface area contributed by atoms with Gasteiger partial charge in [-0.2, -0.15) is 0 Å². The van der Waals surface area contributed by atoms with Gasteiger partial charge in [-0.05, 0) is 6.42 Å². The Labute approximate surface area is 108 Å². The molecule has 7 heteroatoms. The number of nitro groups is 1. The molecule has 0 amide bonds. The van der Waals surface area contributed by atoms with Crippen LogP contribution in [-0.4, -0.2) is 23.3 Å². The predicted octanol–water partition coefficient (Wildman–Crippen LogP) is 2.57. The number of nitrogens with zero attached hydrogens (tertiary/aromatic N) is 1. The second-order valence-electron chi connectivity index (χ2n) is 3.57. The van der Waals surface area contributed by atoms with Crippen LogP contribution < -0.4 is 0 Å². The summed E-state index contributed by atoms with van der Waals surface area (Å²) in [6, 6.07) is 1.23. The Balaban J connectivity index is 2.45. The molecule has 6 nitrogen and oxygen atoms in total. The molecule has 0 aliphatic heterocycles. The molecule has 0 spiro atoms. The van der Waals surface area contributed by atoms with E-state index in [1.165, 1.54) is 11.4 Å². The van der Waals surface area contributed by atoms with Gasteiger partial charge in [-0.1, -0.05) is 18.3 Å². The minimum atomic E-state index is -0.545. The smallest absolute Gasteiger partial charge is 0.324 e. The first-order valence-corrected chi connectivity index (χ1v) is 6.34. The Morgan fingerprint density at radius 3 is 2.72 bits per heavy atom. The molecule has 0 aliphatic carbocycles. The zero-order valence-corrected chi connectivity index (χ0v) is 10.7. The van der Waals surface area contributed by atoms with Crippen molar-refractivity contribution < 1.29 is 19.2 Å². The van der Waals surface area contributed by atoms with Gasteiger partial charge in [0.05, 0.1) is 18.0 Å². The molecule has 0 unspecified atom stereocenters.